The third-order valence-corrected chi connectivity index (χ3v) is 3.84. The highest BCUT2D eigenvalue weighted by molar-refractivity contribution is 6.31. The second kappa shape index (κ2) is 4.99. The molecule has 0 aliphatic carbocycles. The molecule has 0 unspecified atom stereocenters. The van der Waals surface area contributed by atoms with Gasteiger partial charge in [-0.1, -0.05) is 17.7 Å². The van der Waals surface area contributed by atoms with Crippen LogP contribution < -0.4 is 15.6 Å². The zero-order valence-electron chi connectivity index (χ0n) is 13.2. The number of phenolic OH excluding ortho intramolecular Hbond substituents is 1. The summed E-state index contributed by atoms with van der Waals surface area (Å²) in [5, 5.41) is 14.9. The van der Waals surface area contributed by atoms with Crippen molar-refractivity contribution in [3.05, 3.63) is 47.0 Å². The fraction of sp³-hybridized carbons (Fsp3) is 0.294. The fourth-order valence-corrected chi connectivity index (χ4v) is 2.85. The minimum absolute atomic E-state index is 0.195. The van der Waals surface area contributed by atoms with Gasteiger partial charge in [0.2, 0.25) is 0 Å². The number of benzene rings is 2. The smallest absolute Gasteiger partial charge is 0.142 e. The predicted octanol–water partition coefficient (Wildman–Crippen LogP) is 4.72. The second-order valence-electron chi connectivity index (χ2n) is 6.56. The molecule has 0 saturated carbocycles. The van der Waals surface area contributed by atoms with Gasteiger partial charge in [0.25, 0.3) is 0 Å². The summed E-state index contributed by atoms with van der Waals surface area (Å²) in [6.45, 7) is 8.35. The van der Waals surface area contributed by atoms with Crippen molar-refractivity contribution in [1.82, 2.24) is 0 Å². The maximum atomic E-state index is 10.3. The van der Waals surface area contributed by atoms with E-state index in [-0.39, 0.29) is 11.3 Å². The van der Waals surface area contributed by atoms with Crippen molar-refractivity contribution < 1.29 is 5.11 Å². The van der Waals surface area contributed by atoms with Crippen LogP contribution in [0.15, 0.2) is 36.4 Å². The lowest BCUT2D eigenvalue weighted by Crippen LogP contribution is -2.52. The molecule has 0 amide bonds. The number of hydrogen-bond donors (Lipinski definition) is 2. The van der Waals surface area contributed by atoms with Crippen molar-refractivity contribution >= 4 is 28.7 Å². The van der Waals surface area contributed by atoms with E-state index in [0.717, 1.165) is 16.9 Å². The van der Waals surface area contributed by atoms with Gasteiger partial charge >= 0.3 is 0 Å². The number of hydrazine groups is 2. The molecule has 1 heterocycles. The molecular weight excluding hydrogens is 298 g/mol. The van der Waals surface area contributed by atoms with Gasteiger partial charge in [-0.05, 0) is 63.6 Å². The summed E-state index contributed by atoms with van der Waals surface area (Å²) < 4.78 is 0. The Morgan fingerprint density at radius 3 is 2.45 bits per heavy atom. The molecule has 0 aromatic heterocycles. The molecule has 3 rings (SSSR count). The van der Waals surface area contributed by atoms with Crippen LogP contribution in [0.2, 0.25) is 5.02 Å². The minimum Gasteiger partial charge on any atom is -0.506 e. The highest BCUT2D eigenvalue weighted by atomic mass is 35.5. The normalized spacial score (nSPS) is 14.0. The molecule has 0 atom stereocenters. The van der Waals surface area contributed by atoms with Crippen LogP contribution in [0.1, 0.15) is 26.3 Å². The fourth-order valence-electron chi connectivity index (χ4n) is 2.68. The number of aromatic hydroxyl groups is 1. The van der Waals surface area contributed by atoms with E-state index >= 15 is 0 Å². The Labute approximate surface area is 135 Å². The molecule has 0 spiro atoms. The number of hydrogen-bond acceptors (Lipinski definition) is 4. The Morgan fingerprint density at radius 2 is 1.77 bits per heavy atom. The summed E-state index contributed by atoms with van der Waals surface area (Å²) in [6, 6.07) is 11.3. The highest BCUT2D eigenvalue weighted by Gasteiger charge is 2.36. The van der Waals surface area contributed by atoms with Gasteiger partial charge < -0.3 is 5.11 Å². The van der Waals surface area contributed by atoms with E-state index in [9.17, 15) is 5.11 Å². The number of fused-ring (bicyclic) bond motifs is 1. The summed E-state index contributed by atoms with van der Waals surface area (Å²) in [6.07, 6.45) is 0. The average Bonchev–Trinajstić information content (AvgIpc) is 2.79. The van der Waals surface area contributed by atoms with Gasteiger partial charge in [-0.3, -0.25) is 10.4 Å². The van der Waals surface area contributed by atoms with E-state index in [4.69, 9.17) is 11.6 Å². The average molecular weight is 318 g/mol. The molecule has 2 aromatic rings. The first-order valence-electron chi connectivity index (χ1n) is 7.23. The predicted molar refractivity (Wildman–Crippen MR) is 92.6 cm³/mol. The molecule has 1 aliphatic heterocycles. The summed E-state index contributed by atoms with van der Waals surface area (Å²) in [5.41, 5.74) is 6.88. The van der Waals surface area contributed by atoms with E-state index in [2.05, 4.69) is 31.2 Å². The molecule has 0 bridgehead atoms. The van der Waals surface area contributed by atoms with Crippen molar-refractivity contribution in [2.45, 2.75) is 33.2 Å². The lowest BCUT2D eigenvalue weighted by atomic mass is 10.1. The van der Waals surface area contributed by atoms with Gasteiger partial charge in [0.15, 0.2) is 0 Å². The Kier molecular flexibility index (Phi) is 3.37. The molecule has 0 radical (unpaired) electrons. The highest BCUT2D eigenvalue weighted by Crippen LogP contribution is 2.44. The molecular formula is C17H20ClN3O. The van der Waals surface area contributed by atoms with Gasteiger partial charge in [0.1, 0.15) is 11.4 Å². The molecule has 2 aromatic carbocycles. The molecule has 0 saturated heterocycles. The van der Waals surface area contributed by atoms with Gasteiger partial charge in [-0.2, -0.15) is 5.12 Å². The first kappa shape index (κ1) is 14.9. The maximum Gasteiger partial charge on any atom is 0.142 e. The first-order valence-corrected chi connectivity index (χ1v) is 7.61. The van der Waals surface area contributed by atoms with Gasteiger partial charge in [0, 0.05) is 5.02 Å². The van der Waals surface area contributed by atoms with Crippen LogP contribution in [-0.2, 0) is 0 Å². The van der Waals surface area contributed by atoms with Crippen LogP contribution in [0, 0.1) is 6.92 Å². The Bertz CT molecular complexity index is 724. The Hall–Kier alpha value is -2.07. The number of nitrogens with zero attached hydrogens (tertiary/aromatic N) is 2. The zero-order valence-corrected chi connectivity index (χ0v) is 13.9. The molecule has 2 N–H and O–H groups in total. The van der Waals surface area contributed by atoms with Crippen molar-refractivity contribution in [2.24, 2.45) is 0 Å². The Morgan fingerprint density at radius 1 is 1.05 bits per heavy atom. The van der Waals surface area contributed by atoms with Crippen LogP contribution in [0.5, 0.6) is 5.75 Å². The molecule has 4 nitrogen and oxygen atoms in total. The summed E-state index contributed by atoms with van der Waals surface area (Å²) in [5.74, 6) is 0.228. The maximum absolute atomic E-state index is 10.3. The van der Waals surface area contributed by atoms with E-state index in [1.807, 2.05) is 42.4 Å². The van der Waals surface area contributed by atoms with Crippen LogP contribution in [-0.4, -0.2) is 10.6 Å². The summed E-state index contributed by atoms with van der Waals surface area (Å²) in [4.78, 5) is 0. The number of aryl methyl sites for hydroxylation is 1. The monoisotopic (exact) mass is 317 g/mol. The van der Waals surface area contributed by atoms with E-state index in [1.54, 1.807) is 6.07 Å². The lowest BCUT2D eigenvalue weighted by Gasteiger charge is -2.40. The quantitative estimate of drug-likeness (QED) is 0.798. The third kappa shape index (κ3) is 2.44. The Balaban J connectivity index is 2.15. The number of nitrogens with one attached hydrogen (secondary N) is 1. The first-order chi connectivity index (χ1) is 10.3. The molecule has 0 fully saturated rings. The number of halogens is 1. The largest absolute Gasteiger partial charge is 0.506 e. The number of rotatable bonds is 1. The molecule has 116 valence electrons. The van der Waals surface area contributed by atoms with E-state index < -0.39 is 0 Å². The van der Waals surface area contributed by atoms with Crippen molar-refractivity contribution in [3.8, 4) is 5.75 Å². The van der Waals surface area contributed by atoms with Gasteiger partial charge in [-0.25, -0.2) is 0 Å². The molecule has 1 aliphatic rings. The van der Waals surface area contributed by atoms with Crippen LogP contribution >= 0.6 is 11.6 Å². The number of phenols is 1. The standard InChI is InChI=1S/C17H20ClN3O/c1-11-5-8-16(22)15(9-11)21-19-13-7-6-12(18)10-14(13)20(21)17(2,3)4/h5-10,19,22H,1-4H3. The van der Waals surface area contributed by atoms with Gasteiger partial charge in [-0.15, -0.1) is 0 Å². The van der Waals surface area contributed by atoms with Crippen LogP contribution in [0.3, 0.4) is 0 Å². The minimum atomic E-state index is -0.195. The van der Waals surface area contributed by atoms with E-state index in [1.165, 1.54) is 0 Å². The van der Waals surface area contributed by atoms with Crippen LogP contribution in [0.25, 0.3) is 0 Å². The molecule has 5 heteroatoms. The van der Waals surface area contributed by atoms with E-state index in [0.29, 0.717) is 10.7 Å². The summed E-state index contributed by atoms with van der Waals surface area (Å²) >= 11 is 6.17. The zero-order chi connectivity index (χ0) is 16.1. The van der Waals surface area contributed by atoms with Crippen LogP contribution in [0.4, 0.5) is 17.1 Å². The van der Waals surface area contributed by atoms with Crippen molar-refractivity contribution in [1.29, 1.82) is 0 Å². The van der Waals surface area contributed by atoms with Gasteiger partial charge in [0.05, 0.1) is 16.9 Å². The van der Waals surface area contributed by atoms with Crippen molar-refractivity contribution in [3.63, 3.8) is 0 Å². The topological polar surface area (TPSA) is 38.7 Å². The third-order valence-electron chi connectivity index (χ3n) is 3.61. The number of anilines is 3. The second-order valence-corrected chi connectivity index (χ2v) is 7.00. The lowest BCUT2D eigenvalue weighted by molar-refractivity contribution is 0.465. The van der Waals surface area contributed by atoms with Crippen molar-refractivity contribution in [2.75, 3.05) is 15.6 Å². The SMILES string of the molecule is Cc1ccc(O)c(N2Nc3ccc(Cl)cc3N2C(C)(C)C)c1. The molecule has 22 heavy (non-hydrogen) atoms. The summed E-state index contributed by atoms with van der Waals surface area (Å²) in [7, 11) is 0.